The molecule has 0 aromatic carbocycles. The average molecular weight is 112 g/mol. The fourth-order valence-electron chi connectivity index (χ4n) is 0.176. The summed E-state index contributed by atoms with van der Waals surface area (Å²) in [7, 11) is 0. The van der Waals surface area contributed by atoms with Gasteiger partial charge in [-0.15, -0.1) is 0 Å². The van der Waals surface area contributed by atoms with Gasteiger partial charge in [0.05, 0.1) is 0 Å². The van der Waals surface area contributed by atoms with E-state index >= 15 is 0 Å². The van der Waals surface area contributed by atoms with Gasteiger partial charge < -0.3 is 4.74 Å². The first kappa shape index (κ1) is 7.03. The summed E-state index contributed by atoms with van der Waals surface area (Å²) in [6, 6.07) is 0. The predicted octanol–water partition coefficient (Wildman–Crippen LogP) is 0.776. The Hall–Kier alpha value is -0.970. The van der Waals surface area contributed by atoms with Crippen molar-refractivity contribution >= 4 is 6.47 Å². The monoisotopic (exact) mass is 112 g/mol. The van der Waals surface area contributed by atoms with Crippen molar-refractivity contribution in [1.29, 1.82) is 0 Å². The van der Waals surface area contributed by atoms with Crippen molar-refractivity contribution in [2.24, 2.45) is 5.92 Å². The number of hydrogen-bond donors (Lipinski definition) is 0. The highest BCUT2D eigenvalue weighted by Gasteiger charge is 1.79. The Bertz CT molecular complexity index is 116. The minimum Gasteiger partial charge on any atom is -0.375 e. The minimum atomic E-state index is 0.259. The lowest BCUT2D eigenvalue weighted by Crippen LogP contribution is -1.79. The van der Waals surface area contributed by atoms with Crippen LogP contribution in [0.3, 0.4) is 0 Å². The van der Waals surface area contributed by atoms with Crippen LogP contribution in [0.4, 0.5) is 0 Å². The molecule has 0 saturated heterocycles. The molecule has 0 N–H and O–H groups in total. The van der Waals surface area contributed by atoms with Gasteiger partial charge in [-0.1, -0.05) is 19.8 Å². The van der Waals surface area contributed by atoms with Crippen LogP contribution < -0.4 is 0 Å². The van der Waals surface area contributed by atoms with Crippen LogP contribution in [0.15, 0.2) is 0 Å². The molecule has 0 fully saturated rings. The van der Waals surface area contributed by atoms with Gasteiger partial charge in [0, 0.05) is 5.92 Å². The molecule has 0 unspecified atom stereocenters. The summed E-state index contributed by atoms with van der Waals surface area (Å²) in [5, 5.41) is 0. The first-order valence-electron chi connectivity index (χ1n) is 2.37. The number of hydrogen-bond acceptors (Lipinski definition) is 2. The van der Waals surface area contributed by atoms with E-state index in [1.807, 2.05) is 13.8 Å². The van der Waals surface area contributed by atoms with Crippen LogP contribution in [-0.4, -0.2) is 6.47 Å². The Kier molecular flexibility index (Phi) is 3.69. The van der Waals surface area contributed by atoms with Crippen LogP contribution >= 0.6 is 0 Å². The summed E-state index contributed by atoms with van der Waals surface area (Å²) in [6.07, 6.45) is 2.22. The second-order valence-corrected chi connectivity index (χ2v) is 1.62. The van der Waals surface area contributed by atoms with Crippen LogP contribution in [0.25, 0.3) is 0 Å². The minimum absolute atomic E-state index is 0.259. The van der Waals surface area contributed by atoms with Gasteiger partial charge in [-0.05, 0) is 0 Å². The predicted molar refractivity (Wildman–Crippen MR) is 29.8 cm³/mol. The molecule has 0 aliphatic rings. The molecule has 0 heterocycles. The van der Waals surface area contributed by atoms with Crippen LogP contribution in [0, 0.1) is 17.9 Å². The van der Waals surface area contributed by atoms with E-state index in [1.54, 1.807) is 0 Å². The standard InChI is InChI=1S/C6H8O2/c1-6(2)3-4-8-5-7/h5-6H,1-2H3. The van der Waals surface area contributed by atoms with Gasteiger partial charge >= 0.3 is 6.47 Å². The first-order chi connectivity index (χ1) is 3.77. The van der Waals surface area contributed by atoms with E-state index in [0.29, 0.717) is 6.47 Å². The van der Waals surface area contributed by atoms with E-state index in [0.717, 1.165) is 0 Å². The third kappa shape index (κ3) is 5.03. The van der Waals surface area contributed by atoms with Crippen molar-refractivity contribution in [3.8, 4) is 12.0 Å². The lowest BCUT2D eigenvalue weighted by molar-refractivity contribution is -0.122. The summed E-state index contributed by atoms with van der Waals surface area (Å²) < 4.78 is 4.10. The van der Waals surface area contributed by atoms with Crippen LogP contribution in [0.2, 0.25) is 0 Å². The molecule has 0 amide bonds. The van der Waals surface area contributed by atoms with Crippen LogP contribution in [0.1, 0.15) is 13.8 Å². The highest BCUT2D eigenvalue weighted by atomic mass is 16.5. The lowest BCUT2D eigenvalue weighted by Gasteiger charge is -1.83. The maximum atomic E-state index is 9.46. The zero-order chi connectivity index (χ0) is 6.41. The molecule has 2 heteroatoms. The number of carbonyl (C=O) groups excluding carboxylic acids is 1. The van der Waals surface area contributed by atoms with Gasteiger partial charge in [-0.3, -0.25) is 4.79 Å². The van der Waals surface area contributed by atoms with Gasteiger partial charge in [0.1, 0.15) is 6.11 Å². The van der Waals surface area contributed by atoms with Crippen molar-refractivity contribution in [1.82, 2.24) is 0 Å². The van der Waals surface area contributed by atoms with E-state index in [2.05, 4.69) is 16.8 Å². The maximum Gasteiger partial charge on any atom is 0.307 e. The number of rotatable bonds is 1. The molecule has 0 radical (unpaired) electrons. The topological polar surface area (TPSA) is 26.3 Å². The lowest BCUT2D eigenvalue weighted by atomic mass is 10.2. The third-order valence-electron chi connectivity index (χ3n) is 0.455. The van der Waals surface area contributed by atoms with Crippen molar-refractivity contribution in [3.63, 3.8) is 0 Å². The normalized spacial score (nSPS) is 7.38. The Morgan fingerprint density at radius 2 is 2.25 bits per heavy atom. The summed E-state index contributed by atoms with van der Waals surface area (Å²) in [5.74, 6) is 2.90. The SMILES string of the molecule is CC(C)C#COC=O. The summed E-state index contributed by atoms with van der Waals surface area (Å²) in [6.45, 7) is 4.15. The fraction of sp³-hybridized carbons (Fsp3) is 0.500. The first-order valence-corrected chi connectivity index (χ1v) is 2.37. The average Bonchev–Trinajstić information content (AvgIpc) is 1.66. The molecule has 0 aromatic heterocycles. The van der Waals surface area contributed by atoms with Crippen molar-refractivity contribution in [3.05, 3.63) is 0 Å². The molecule has 0 spiro atoms. The quantitative estimate of drug-likeness (QED) is 0.370. The molecule has 0 bridgehead atoms. The van der Waals surface area contributed by atoms with Crippen LogP contribution in [-0.2, 0) is 9.53 Å². The zero-order valence-corrected chi connectivity index (χ0v) is 4.97. The van der Waals surface area contributed by atoms with E-state index < -0.39 is 0 Å². The number of ether oxygens (including phenoxy) is 1. The summed E-state index contributed by atoms with van der Waals surface area (Å²) in [4.78, 5) is 9.46. The molecule has 0 rings (SSSR count). The molecule has 2 nitrogen and oxygen atoms in total. The Labute approximate surface area is 48.8 Å². The summed E-state index contributed by atoms with van der Waals surface area (Å²) in [5.41, 5.74) is 0. The van der Waals surface area contributed by atoms with Crippen molar-refractivity contribution < 1.29 is 9.53 Å². The second-order valence-electron chi connectivity index (χ2n) is 1.62. The van der Waals surface area contributed by atoms with E-state index in [-0.39, 0.29) is 5.92 Å². The smallest absolute Gasteiger partial charge is 0.307 e. The Morgan fingerprint density at radius 3 is 2.62 bits per heavy atom. The van der Waals surface area contributed by atoms with Gasteiger partial charge in [0.2, 0.25) is 0 Å². The van der Waals surface area contributed by atoms with Crippen LogP contribution in [0.5, 0.6) is 0 Å². The molecule has 44 valence electrons. The molecule has 0 aromatic rings. The molecule has 8 heavy (non-hydrogen) atoms. The highest BCUT2D eigenvalue weighted by molar-refractivity contribution is 5.39. The van der Waals surface area contributed by atoms with Gasteiger partial charge in [-0.2, -0.15) is 0 Å². The zero-order valence-electron chi connectivity index (χ0n) is 4.97. The third-order valence-corrected chi connectivity index (χ3v) is 0.455. The van der Waals surface area contributed by atoms with E-state index in [9.17, 15) is 4.79 Å². The second kappa shape index (κ2) is 4.20. The fourth-order valence-corrected chi connectivity index (χ4v) is 0.176. The molecular weight excluding hydrogens is 104 g/mol. The number of carbonyl (C=O) groups is 1. The van der Waals surface area contributed by atoms with Gasteiger partial charge in [0.15, 0.2) is 0 Å². The largest absolute Gasteiger partial charge is 0.375 e. The van der Waals surface area contributed by atoms with Gasteiger partial charge in [-0.25, -0.2) is 0 Å². The Morgan fingerprint density at radius 1 is 1.62 bits per heavy atom. The van der Waals surface area contributed by atoms with E-state index in [4.69, 9.17) is 0 Å². The molecule has 0 aliphatic heterocycles. The molecule has 0 aliphatic carbocycles. The van der Waals surface area contributed by atoms with Gasteiger partial charge in [0.25, 0.3) is 0 Å². The Balaban J connectivity index is 3.34. The highest BCUT2D eigenvalue weighted by Crippen LogP contribution is 1.84. The maximum absolute atomic E-state index is 9.46. The van der Waals surface area contributed by atoms with E-state index in [1.165, 1.54) is 0 Å². The molecular formula is C6H8O2. The summed E-state index contributed by atoms with van der Waals surface area (Å²) >= 11 is 0. The van der Waals surface area contributed by atoms with Crippen molar-refractivity contribution in [2.75, 3.05) is 0 Å². The molecule has 0 atom stereocenters. The molecule has 0 saturated carbocycles. The van der Waals surface area contributed by atoms with Crippen molar-refractivity contribution in [2.45, 2.75) is 13.8 Å².